The molecule has 1 aliphatic rings. The van der Waals surface area contributed by atoms with E-state index in [2.05, 4.69) is 10.3 Å². The predicted octanol–water partition coefficient (Wildman–Crippen LogP) is -0.568. The third kappa shape index (κ3) is 0.750. The van der Waals surface area contributed by atoms with Crippen molar-refractivity contribution < 1.29 is 4.74 Å². The number of anilines is 1. The van der Waals surface area contributed by atoms with Crippen LogP contribution in [0.4, 0.5) is 5.82 Å². The Balaban J connectivity index is 2.17. The molecule has 0 saturated carbocycles. The summed E-state index contributed by atoms with van der Waals surface area (Å²) in [5.74, 6) is 0.465. The van der Waals surface area contributed by atoms with Crippen LogP contribution in [-0.2, 0) is 4.74 Å². The molecule has 0 spiro atoms. The van der Waals surface area contributed by atoms with E-state index in [4.69, 9.17) is 10.5 Å². The minimum absolute atomic E-state index is 0.352. The van der Waals surface area contributed by atoms with E-state index < -0.39 is 0 Å². The summed E-state index contributed by atoms with van der Waals surface area (Å²) >= 11 is 0. The quantitative estimate of drug-likeness (QED) is 0.567. The highest BCUT2D eigenvalue weighted by atomic mass is 16.5. The normalized spacial score (nSPS) is 18.8. The molecule has 0 aliphatic carbocycles. The Labute approximate surface area is 57.8 Å². The van der Waals surface area contributed by atoms with Crippen LogP contribution in [0.15, 0.2) is 6.20 Å². The summed E-state index contributed by atoms with van der Waals surface area (Å²) in [7, 11) is 0. The van der Waals surface area contributed by atoms with Gasteiger partial charge in [0.25, 0.3) is 0 Å². The zero-order valence-electron chi connectivity index (χ0n) is 5.40. The fourth-order valence-corrected chi connectivity index (χ4v) is 0.845. The molecule has 0 bridgehead atoms. The molecule has 0 amide bonds. The van der Waals surface area contributed by atoms with Gasteiger partial charge in [0.1, 0.15) is 6.04 Å². The lowest BCUT2D eigenvalue weighted by molar-refractivity contribution is -0.0293. The zero-order valence-corrected chi connectivity index (χ0v) is 5.40. The third-order valence-electron chi connectivity index (χ3n) is 1.52. The maximum absolute atomic E-state index is 5.36. The highest BCUT2D eigenvalue weighted by molar-refractivity contribution is 5.20. The van der Waals surface area contributed by atoms with Gasteiger partial charge in [-0.1, -0.05) is 5.21 Å². The van der Waals surface area contributed by atoms with E-state index in [1.807, 2.05) is 0 Å². The van der Waals surface area contributed by atoms with Gasteiger partial charge in [-0.3, -0.25) is 0 Å². The van der Waals surface area contributed by atoms with Gasteiger partial charge in [-0.15, -0.1) is 5.10 Å². The summed E-state index contributed by atoms with van der Waals surface area (Å²) in [5.41, 5.74) is 5.36. The molecule has 0 radical (unpaired) electrons. The van der Waals surface area contributed by atoms with Crippen molar-refractivity contribution >= 4 is 5.82 Å². The minimum Gasteiger partial charge on any atom is -0.381 e. The molecular formula is C5H8N4O. The van der Waals surface area contributed by atoms with Crippen molar-refractivity contribution in [3.63, 3.8) is 0 Å². The third-order valence-corrected chi connectivity index (χ3v) is 1.52. The van der Waals surface area contributed by atoms with E-state index in [9.17, 15) is 0 Å². The second-order valence-electron chi connectivity index (χ2n) is 2.31. The van der Waals surface area contributed by atoms with Crippen LogP contribution in [0.25, 0.3) is 0 Å². The molecule has 5 heteroatoms. The first-order valence-corrected chi connectivity index (χ1v) is 3.11. The lowest BCUT2D eigenvalue weighted by Gasteiger charge is -2.25. The first kappa shape index (κ1) is 5.67. The van der Waals surface area contributed by atoms with Crippen LogP contribution in [-0.4, -0.2) is 28.2 Å². The van der Waals surface area contributed by atoms with Crippen LogP contribution in [0.2, 0.25) is 0 Å². The molecule has 0 unspecified atom stereocenters. The number of hydrogen-bond acceptors (Lipinski definition) is 4. The maximum Gasteiger partial charge on any atom is 0.165 e. The standard InChI is InChI=1S/C5H8N4O/c6-5-1-9(8-7-5)4-2-10-3-4/h1,4H,2-3,6H2. The van der Waals surface area contributed by atoms with Crippen molar-refractivity contribution in [1.29, 1.82) is 0 Å². The Bertz CT molecular complexity index is 229. The van der Waals surface area contributed by atoms with Crippen LogP contribution in [0.1, 0.15) is 6.04 Å². The summed E-state index contributed by atoms with van der Waals surface area (Å²) in [5, 5.41) is 7.45. The van der Waals surface area contributed by atoms with Gasteiger partial charge in [0, 0.05) is 0 Å². The number of hydrogen-bond donors (Lipinski definition) is 1. The lowest BCUT2D eigenvalue weighted by Crippen LogP contribution is -2.30. The number of nitrogens with zero attached hydrogens (tertiary/aromatic N) is 3. The van der Waals surface area contributed by atoms with Crippen molar-refractivity contribution in [1.82, 2.24) is 15.0 Å². The number of rotatable bonds is 1. The molecule has 1 fully saturated rings. The zero-order chi connectivity index (χ0) is 6.97. The predicted molar refractivity (Wildman–Crippen MR) is 34.3 cm³/mol. The number of aromatic nitrogens is 3. The van der Waals surface area contributed by atoms with Gasteiger partial charge < -0.3 is 10.5 Å². The van der Waals surface area contributed by atoms with E-state index in [1.165, 1.54) is 0 Å². The van der Waals surface area contributed by atoms with Gasteiger partial charge >= 0.3 is 0 Å². The van der Waals surface area contributed by atoms with Gasteiger partial charge in [0.15, 0.2) is 5.82 Å². The topological polar surface area (TPSA) is 66.0 Å². The Morgan fingerprint density at radius 1 is 1.70 bits per heavy atom. The van der Waals surface area contributed by atoms with Crippen molar-refractivity contribution in [3.05, 3.63) is 6.20 Å². The van der Waals surface area contributed by atoms with Crippen LogP contribution in [0.5, 0.6) is 0 Å². The van der Waals surface area contributed by atoms with Gasteiger partial charge in [-0.25, -0.2) is 4.68 Å². The molecule has 0 aromatic carbocycles. The summed E-state index contributed by atoms with van der Waals surface area (Å²) in [6.45, 7) is 1.45. The minimum atomic E-state index is 0.352. The Morgan fingerprint density at radius 3 is 2.90 bits per heavy atom. The molecule has 1 aromatic rings. The number of ether oxygens (including phenoxy) is 1. The molecule has 2 rings (SSSR count). The molecule has 0 atom stereocenters. The fraction of sp³-hybridized carbons (Fsp3) is 0.600. The smallest absolute Gasteiger partial charge is 0.165 e. The maximum atomic E-state index is 5.36. The van der Waals surface area contributed by atoms with Crippen molar-refractivity contribution in [2.45, 2.75) is 6.04 Å². The Kier molecular flexibility index (Phi) is 1.10. The van der Waals surface area contributed by atoms with Gasteiger partial charge in [0.05, 0.1) is 19.4 Å². The second-order valence-corrected chi connectivity index (χ2v) is 2.31. The first-order chi connectivity index (χ1) is 4.86. The van der Waals surface area contributed by atoms with E-state index in [0.717, 1.165) is 13.2 Å². The summed E-state index contributed by atoms with van der Waals surface area (Å²) in [4.78, 5) is 0. The fourth-order valence-electron chi connectivity index (χ4n) is 0.845. The highest BCUT2D eigenvalue weighted by Gasteiger charge is 2.20. The highest BCUT2D eigenvalue weighted by Crippen LogP contribution is 2.15. The number of nitrogens with two attached hydrogens (primary N) is 1. The van der Waals surface area contributed by atoms with Crippen molar-refractivity contribution in [3.8, 4) is 0 Å². The summed E-state index contributed by atoms with van der Waals surface area (Å²) < 4.78 is 6.70. The van der Waals surface area contributed by atoms with E-state index >= 15 is 0 Å². The molecular weight excluding hydrogens is 132 g/mol. The van der Waals surface area contributed by atoms with Crippen LogP contribution in [0, 0.1) is 0 Å². The van der Waals surface area contributed by atoms with E-state index in [-0.39, 0.29) is 0 Å². The van der Waals surface area contributed by atoms with Gasteiger partial charge in [-0.05, 0) is 0 Å². The summed E-state index contributed by atoms with van der Waals surface area (Å²) in [6, 6.07) is 0.352. The average Bonchev–Trinajstić information content (AvgIpc) is 2.10. The second kappa shape index (κ2) is 1.95. The van der Waals surface area contributed by atoms with Crippen LogP contribution in [0.3, 0.4) is 0 Å². The molecule has 2 N–H and O–H groups in total. The van der Waals surface area contributed by atoms with E-state index in [1.54, 1.807) is 10.9 Å². The average molecular weight is 140 g/mol. The molecule has 1 aromatic heterocycles. The van der Waals surface area contributed by atoms with Gasteiger partial charge in [-0.2, -0.15) is 0 Å². The van der Waals surface area contributed by atoms with E-state index in [0.29, 0.717) is 11.9 Å². The number of nitrogen functional groups attached to an aromatic ring is 1. The van der Waals surface area contributed by atoms with Gasteiger partial charge in [0.2, 0.25) is 0 Å². The Morgan fingerprint density at radius 2 is 2.50 bits per heavy atom. The summed E-state index contributed by atoms with van der Waals surface area (Å²) in [6.07, 6.45) is 1.72. The largest absolute Gasteiger partial charge is 0.381 e. The van der Waals surface area contributed by atoms with Crippen LogP contribution >= 0.6 is 0 Å². The Hall–Kier alpha value is -1.10. The van der Waals surface area contributed by atoms with Crippen LogP contribution < -0.4 is 5.73 Å². The van der Waals surface area contributed by atoms with Crippen molar-refractivity contribution in [2.24, 2.45) is 0 Å². The SMILES string of the molecule is Nc1cn(C2COC2)nn1. The molecule has 1 aliphatic heterocycles. The first-order valence-electron chi connectivity index (χ1n) is 3.11. The lowest BCUT2D eigenvalue weighted by atomic mass is 10.3. The molecule has 1 saturated heterocycles. The monoisotopic (exact) mass is 140 g/mol. The van der Waals surface area contributed by atoms with Crippen molar-refractivity contribution in [2.75, 3.05) is 18.9 Å². The molecule has 10 heavy (non-hydrogen) atoms. The molecule has 54 valence electrons. The molecule has 2 heterocycles. The molecule has 5 nitrogen and oxygen atoms in total.